The van der Waals surface area contributed by atoms with Gasteiger partial charge in [0.05, 0.1) is 5.41 Å². The molecule has 0 radical (unpaired) electrons. The van der Waals surface area contributed by atoms with Crippen molar-refractivity contribution < 1.29 is 0 Å². The van der Waals surface area contributed by atoms with Crippen molar-refractivity contribution in [2.75, 3.05) is 0 Å². The number of benzene rings is 4. The number of halogens is 1. The Morgan fingerprint density at radius 3 is 1.81 bits per heavy atom. The number of fused-ring (bicyclic) bond motifs is 9. The van der Waals surface area contributed by atoms with E-state index in [4.69, 9.17) is 0 Å². The lowest BCUT2D eigenvalue weighted by Crippen LogP contribution is -2.31. The largest absolute Gasteiger partial charge is 0.0894 e. The molecule has 0 saturated heterocycles. The first-order valence-electron chi connectivity index (χ1n) is 9.07. The van der Waals surface area contributed by atoms with Crippen LogP contribution in [-0.4, -0.2) is 0 Å². The molecule has 2 aliphatic rings. The summed E-state index contributed by atoms with van der Waals surface area (Å²) in [6.45, 7) is 0. The zero-order chi connectivity index (χ0) is 18.0. The van der Waals surface area contributed by atoms with E-state index in [1.54, 1.807) is 0 Å². The van der Waals surface area contributed by atoms with Crippen molar-refractivity contribution in [3.05, 3.63) is 118 Å². The zero-order valence-corrected chi connectivity index (χ0v) is 16.8. The Morgan fingerprint density at radius 2 is 1.11 bits per heavy atom. The summed E-state index contributed by atoms with van der Waals surface area (Å²) in [5.74, 6) is 0. The zero-order valence-electron chi connectivity index (χ0n) is 14.4. The molecule has 1 aliphatic carbocycles. The molecule has 0 atom stereocenters. The van der Waals surface area contributed by atoms with E-state index in [-0.39, 0.29) is 5.41 Å². The first-order chi connectivity index (χ1) is 13.3. The van der Waals surface area contributed by atoms with Gasteiger partial charge in [0.15, 0.2) is 0 Å². The third-order valence-corrected chi connectivity index (χ3v) is 7.45. The van der Waals surface area contributed by atoms with E-state index in [9.17, 15) is 0 Å². The molecule has 128 valence electrons. The van der Waals surface area contributed by atoms with Crippen molar-refractivity contribution in [1.29, 1.82) is 0 Å². The van der Waals surface area contributed by atoms with Crippen molar-refractivity contribution in [3.63, 3.8) is 0 Å². The van der Waals surface area contributed by atoms with Crippen molar-refractivity contribution >= 4 is 27.7 Å². The highest BCUT2D eigenvalue weighted by Gasteiger charge is 2.49. The molecule has 2 heteroatoms. The molecule has 0 amide bonds. The molecule has 0 N–H and O–H groups in total. The fourth-order valence-corrected chi connectivity index (χ4v) is 6.38. The van der Waals surface area contributed by atoms with Crippen LogP contribution in [0.4, 0.5) is 0 Å². The first kappa shape index (κ1) is 15.7. The fourth-order valence-electron chi connectivity index (χ4n) is 4.83. The monoisotopic (exact) mass is 426 g/mol. The lowest BCUT2D eigenvalue weighted by molar-refractivity contribution is 0.722. The van der Waals surface area contributed by atoms with Crippen LogP contribution in [0.15, 0.2) is 105 Å². The van der Waals surface area contributed by atoms with Gasteiger partial charge in [-0.15, -0.1) is 0 Å². The second kappa shape index (κ2) is 5.60. The van der Waals surface area contributed by atoms with Crippen LogP contribution in [0.2, 0.25) is 0 Å². The second-order valence-electron chi connectivity index (χ2n) is 7.08. The fraction of sp³-hybridized carbons (Fsp3) is 0.0400. The highest BCUT2D eigenvalue weighted by molar-refractivity contribution is 9.10. The summed E-state index contributed by atoms with van der Waals surface area (Å²) in [7, 11) is 0. The predicted molar refractivity (Wildman–Crippen MR) is 116 cm³/mol. The molecule has 27 heavy (non-hydrogen) atoms. The summed E-state index contributed by atoms with van der Waals surface area (Å²) in [5, 5.41) is 0. The number of rotatable bonds is 0. The summed E-state index contributed by atoms with van der Waals surface area (Å²) in [5.41, 5.74) is 7.97. The lowest BCUT2D eigenvalue weighted by Gasteiger charge is -2.39. The Bertz CT molecular complexity index is 1180. The van der Waals surface area contributed by atoms with E-state index in [2.05, 4.69) is 107 Å². The molecule has 1 spiro atoms. The average molecular weight is 427 g/mol. The van der Waals surface area contributed by atoms with Crippen LogP contribution in [-0.2, 0) is 5.41 Å². The normalized spacial score (nSPS) is 15.0. The lowest BCUT2D eigenvalue weighted by atomic mass is 9.67. The molecular formula is C25H15BrS. The van der Waals surface area contributed by atoms with E-state index in [1.165, 1.54) is 43.2 Å². The van der Waals surface area contributed by atoms with Gasteiger partial charge in [0.2, 0.25) is 0 Å². The molecule has 0 aromatic heterocycles. The van der Waals surface area contributed by atoms with Crippen LogP contribution >= 0.6 is 27.7 Å². The molecule has 0 unspecified atom stereocenters. The highest BCUT2D eigenvalue weighted by atomic mass is 79.9. The molecule has 0 saturated carbocycles. The van der Waals surface area contributed by atoms with E-state index < -0.39 is 0 Å². The molecule has 4 aromatic rings. The van der Waals surface area contributed by atoms with Crippen LogP contribution in [0.25, 0.3) is 11.1 Å². The molecule has 0 bridgehead atoms. The van der Waals surface area contributed by atoms with Crippen LogP contribution in [0, 0.1) is 0 Å². The van der Waals surface area contributed by atoms with Gasteiger partial charge in [0.1, 0.15) is 0 Å². The summed E-state index contributed by atoms with van der Waals surface area (Å²) < 4.78 is 1.12. The van der Waals surface area contributed by atoms with Gasteiger partial charge in [-0.05, 0) is 57.6 Å². The van der Waals surface area contributed by atoms with Crippen molar-refractivity contribution in [2.45, 2.75) is 15.2 Å². The minimum Gasteiger partial charge on any atom is -0.0894 e. The minimum atomic E-state index is -0.245. The minimum absolute atomic E-state index is 0.245. The maximum atomic E-state index is 3.69. The Labute approximate surface area is 171 Å². The van der Waals surface area contributed by atoms with Gasteiger partial charge < -0.3 is 0 Å². The third kappa shape index (κ3) is 1.95. The Morgan fingerprint density at radius 1 is 0.556 bits per heavy atom. The molecule has 0 fully saturated rings. The standard InChI is InChI=1S/C25H15BrS/c26-16-13-14-20-18(15-16)17-7-1-2-8-19(17)25(20)21-9-3-5-11-23(21)27-24-12-6-4-10-22(24)25/h1-15H. The van der Waals surface area contributed by atoms with E-state index in [0.717, 1.165) is 4.47 Å². The Hall–Kier alpha value is -2.29. The number of hydrogen-bond donors (Lipinski definition) is 0. The Kier molecular flexibility index (Phi) is 3.27. The highest BCUT2D eigenvalue weighted by Crippen LogP contribution is 2.62. The molecule has 1 heterocycles. The predicted octanol–water partition coefficient (Wildman–Crippen LogP) is 7.28. The van der Waals surface area contributed by atoms with Gasteiger partial charge in [-0.1, -0.05) is 94.4 Å². The number of hydrogen-bond acceptors (Lipinski definition) is 1. The van der Waals surface area contributed by atoms with Crippen LogP contribution in [0.1, 0.15) is 22.3 Å². The summed E-state index contributed by atoms with van der Waals surface area (Å²) in [4.78, 5) is 2.70. The van der Waals surface area contributed by atoms with Crippen molar-refractivity contribution in [2.24, 2.45) is 0 Å². The third-order valence-electron chi connectivity index (χ3n) is 5.81. The summed E-state index contributed by atoms with van der Waals surface area (Å²) in [6, 6.07) is 33.5. The van der Waals surface area contributed by atoms with E-state index in [1.807, 2.05) is 11.8 Å². The van der Waals surface area contributed by atoms with E-state index in [0.29, 0.717) is 0 Å². The van der Waals surface area contributed by atoms with Crippen molar-refractivity contribution in [1.82, 2.24) is 0 Å². The molecular weight excluding hydrogens is 412 g/mol. The van der Waals surface area contributed by atoms with Crippen LogP contribution in [0.3, 0.4) is 0 Å². The second-order valence-corrected chi connectivity index (χ2v) is 9.08. The van der Waals surface area contributed by atoms with Crippen LogP contribution < -0.4 is 0 Å². The Balaban J connectivity index is 1.86. The van der Waals surface area contributed by atoms with Gasteiger partial charge >= 0.3 is 0 Å². The molecule has 4 aromatic carbocycles. The van der Waals surface area contributed by atoms with Gasteiger partial charge in [-0.2, -0.15) is 0 Å². The SMILES string of the molecule is Brc1ccc2c(c1)-c1ccccc1C21c2ccccc2Sc2ccccc21. The van der Waals surface area contributed by atoms with Gasteiger partial charge in [0, 0.05) is 14.3 Å². The average Bonchev–Trinajstić information content (AvgIpc) is 2.99. The topological polar surface area (TPSA) is 0 Å². The van der Waals surface area contributed by atoms with Gasteiger partial charge in [-0.25, -0.2) is 0 Å². The van der Waals surface area contributed by atoms with E-state index >= 15 is 0 Å². The smallest absolute Gasteiger partial charge is 0.0735 e. The quantitative estimate of drug-likeness (QED) is 0.246. The molecule has 1 aliphatic heterocycles. The molecule has 6 rings (SSSR count). The molecule has 0 nitrogen and oxygen atoms in total. The van der Waals surface area contributed by atoms with Crippen LogP contribution in [0.5, 0.6) is 0 Å². The maximum absolute atomic E-state index is 3.69. The summed E-state index contributed by atoms with van der Waals surface area (Å²) in [6.07, 6.45) is 0. The maximum Gasteiger partial charge on any atom is 0.0735 e. The van der Waals surface area contributed by atoms with Crippen molar-refractivity contribution in [3.8, 4) is 11.1 Å². The summed E-state index contributed by atoms with van der Waals surface area (Å²) >= 11 is 5.58. The van der Waals surface area contributed by atoms with Gasteiger partial charge in [0.25, 0.3) is 0 Å². The first-order valence-corrected chi connectivity index (χ1v) is 10.7. The van der Waals surface area contributed by atoms with Gasteiger partial charge in [-0.3, -0.25) is 0 Å².